The van der Waals surface area contributed by atoms with Gasteiger partial charge in [0.05, 0.1) is 5.56 Å². The molecule has 4 heteroatoms. The quantitative estimate of drug-likeness (QED) is 0.915. The first-order chi connectivity index (χ1) is 9.06. The Morgan fingerprint density at radius 1 is 1.21 bits per heavy atom. The number of nitrogens with zero attached hydrogens (tertiary/aromatic N) is 2. The number of aryl methyl sites for hydroxylation is 1. The van der Waals surface area contributed by atoms with E-state index in [0.29, 0.717) is 17.9 Å². The second-order valence-electron chi connectivity index (χ2n) is 4.62. The lowest BCUT2D eigenvalue weighted by Gasteiger charge is -2.17. The van der Waals surface area contributed by atoms with Gasteiger partial charge in [-0.25, -0.2) is 4.98 Å². The summed E-state index contributed by atoms with van der Waals surface area (Å²) in [5.74, 6) is 0.353. The van der Waals surface area contributed by atoms with Crippen LogP contribution in [-0.2, 0) is 6.54 Å². The van der Waals surface area contributed by atoms with Crippen LogP contribution in [0.1, 0.15) is 21.5 Å². The van der Waals surface area contributed by atoms with E-state index in [0.717, 1.165) is 5.56 Å². The fourth-order valence-corrected chi connectivity index (χ4v) is 1.79. The van der Waals surface area contributed by atoms with Crippen molar-refractivity contribution in [1.82, 2.24) is 9.88 Å². The first kappa shape index (κ1) is 13.1. The molecule has 0 bridgehead atoms. The van der Waals surface area contributed by atoms with Crippen LogP contribution in [0.2, 0.25) is 0 Å². The van der Waals surface area contributed by atoms with E-state index in [2.05, 4.69) is 4.98 Å². The number of aromatic nitrogens is 1. The Morgan fingerprint density at radius 2 is 1.89 bits per heavy atom. The van der Waals surface area contributed by atoms with Gasteiger partial charge in [0.15, 0.2) is 0 Å². The highest BCUT2D eigenvalue weighted by atomic mass is 16.2. The summed E-state index contributed by atoms with van der Waals surface area (Å²) in [6.45, 7) is 2.61. The van der Waals surface area contributed by atoms with Crippen LogP contribution >= 0.6 is 0 Å². The zero-order chi connectivity index (χ0) is 13.8. The van der Waals surface area contributed by atoms with Gasteiger partial charge in [-0.2, -0.15) is 0 Å². The van der Waals surface area contributed by atoms with E-state index >= 15 is 0 Å². The van der Waals surface area contributed by atoms with Gasteiger partial charge in [0.1, 0.15) is 5.82 Å². The average molecular weight is 255 g/mol. The number of benzene rings is 1. The summed E-state index contributed by atoms with van der Waals surface area (Å²) in [6, 6.07) is 11.5. The van der Waals surface area contributed by atoms with Gasteiger partial charge < -0.3 is 10.6 Å². The molecule has 1 amide bonds. The Balaban J connectivity index is 2.07. The zero-order valence-corrected chi connectivity index (χ0v) is 11.1. The Bertz CT molecular complexity index is 561. The number of rotatable bonds is 3. The maximum Gasteiger partial charge on any atom is 0.255 e. The third-order valence-electron chi connectivity index (χ3n) is 2.92. The number of hydrogen-bond donors (Lipinski definition) is 1. The second kappa shape index (κ2) is 5.52. The van der Waals surface area contributed by atoms with E-state index < -0.39 is 0 Å². The molecule has 1 aromatic heterocycles. The standard InChI is InChI=1S/C15H17N3O/c1-11-3-5-12(6-4-11)10-18(2)15(19)13-7-8-14(16)17-9-13/h3-9H,10H2,1-2H3,(H2,16,17). The molecule has 0 aliphatic carbocycles. The fraction of sp³-hybridized carbons (Fsp3) is 0.200. The number of carbonyl (C=O) groups excluding carboxylic acids is 1. The van der Waals surface area contributed by atoms with E-state index in [1.807, 2.05) is 31.2 Å². The summed E-state index contributed by atoms with van der Waals surface area (Å²) in [7, 11) is 1.78. The lowest BCUT2D eigenvalue weighted by Crippen LogP contribution is -2.26. The molecule has 0 saturated heterocycles. The molecule has 0 fully saturated rings. The molecule has 2 aromatic rings. The van der Waals surface area contributed by atoms with E-state index in [1.165, 1.54) is 11.8 Å². The van der Waals surface area contributed by atoms with Gasteiger partial charge in [0, 0.05) is 19.8 Å². The van der Waals surface area contributed by atoms with Crippen LogP contribution in [0.5, 0.6) is 0 Å². The number of nitrogen functional groups attached to an aromatic ring is 1. The molecular formula is C15H17N3O. The van der Waals surface area contributed by atoms with E-state index in [1.54, 1.807) is 24.1 Å². The third-order valence-corrected chi connectivity index (χ3v) is 2.92. The van der Waals surface area contributed by atoms with Crippen LogP contribution in [0.3, 0.4) is 0 Å². The topological polar surface area (TPSA) is 59.2 Å². The summed E-state index contributed by atoms with van der Waals surface area (Å²) in [5.41, 5.74) is 8.36. The van der Waals surface area contributed by atoms with Gasteiger partial charge in [0.2, 0.25) is 0 Å². The minimum Gasteiger partial charge on any atom is -0.384 e. The number of carbonyl (C=O) groups is 1. The maximum atomic E-state index is 12.2. The average Bonchev–Trinajstić information content (AvgIpc) is 2.41. The van der Waals surface area contributed by atoms with Crippen LogP contribution in [0.25, 0.3) is 0 Å². The van der Waals surface area contributed by atoms with Crippen molar-refractivity contribution in [3.05, 3.63) is 59.3 Å². The van der Waals surface area contributed by atoms with Crippen molar-refractivity contribution in [1.29, 1.82) is 0 Å². The van der Waals surface area contributed by atoms with E-state index in [-0.39, 0.29) is 5.91 Å². The van der Waals surface area contributed by atoms with Gasteiger partial charge in [-0.05, 0) is 24.6 Å². The molecule has 0 atom stereocenters. The van der Waals surface area contributed by atoms with E-state index in [9.17, 15) is 4.79 Å². The summed E-state index contributed by atoms with van der Waals surface area (Å²) < 4.78 is 0. The Morgan fingerprint density at radius 3 is 2.47 bits per heavy atom. The minimum absolute atomic E-state index is 0.0620. The molecule has 1 aromatic carbocycles. The first-order valence-electron chi connectivity index (χ1n) is 6.09. The number of anilines is 1. The smallest absolute Gasteiger partial charge is 0.255 e. The SMILES string of the molecule is Cc1ccc(CN(C)C(=O)c2ccc(N)nc2)cc1. The van der Waals surface area contributed by atoms with E-state index in [4.69, 9.17) is 5.73 Å². The molecule has 0 unspecified atom stereocenters. The van der Waals surface area contributed by atoms with Crippen LogP contribution in [-0.4, -0.2) is 22.8 Å². The van der Waals surface area contributed by atoms with Crippen molar-refractivity contribution in [2.45, 2.75) is 13.5 Å². The Hall–Kier alpha value is -2.36. The molecule has 1 heterocycles. The van der Waals surface area contributed by atoms with Crippen molar-refractivity contribution < 1.29 is 4.79 Å². The Labute approximate surface area is 112 Å². The van der Waals surface area contributed by atoms with Crippen molar-refractivity contribution in [3.8, 4) is 0 Å². The van der Waals surface area contributed by atoms with Crippen molar-refractivity contribution in [3.63, 3.8) is 0 Å². The summed E-state index contributed by atoms with van der Waals surface area (Å²) in [5, 5.41) is 0. The molecule has 2 N–H and O–H groups in total. The lowest BCUT2D eigenvalue weighted by molar-refractivity contribution is 0.0784. The van der Waals surface area contributed by atoms with Gasteiger partial charge in [-0.15, -0.1) is 0 Å². The van der Waals surface area contributed by atoms with Crippen LogP contribution in [0.4, 0.5) is 5.82 Å². The van der Waals surface area contributed by atoms with Gasteiger partial charge in [0.25, 0.3) is 5.91 Å². The molecule has 0 radical (unpaired) electrons. The number of nitrogens with two attached hydrogens (primary N) is 1. The molecule has 2 rings (SSSR count). The molecular weight excluding hydrogens is 238 g/mol. The molecule has 4 nitrogen and oxygen atoms in total. The first-order valence-corrected chi connectivity index (χ1v) is 6.09. The van der Waals surface area contributed by atoms with Crippen LogP contribution in [0.15, 0.2) is 42.6 Å². The van der Waals surface area contributed by atoms with Crippen molar-refractivity contribution in [2.75, 3.05) is 12.8 Å². The minimum atomic E-state index is -0.0620. The van der Waals surface area contributed by atoms with Crippen LogP contribution in [0, 0.1) is 6.92 Å². The van der Waals surface area contributed by atoms with Crippen LogP contribution < -0.4 is 5.73 Å². The number of amides is 1. The molecule has 0 saturated carbocycles. The summed E-state index contributed by atoms with van der Waals surface area (Å²) in [6.07, 6.45) is 1.50. The number of hydrogen-bond acceptors (Lipinski definition) is 3. The van der Waals surface area contributed by atoms with Gasteiger partial charge in [-0.3, -0.25) is 4.79 Å². The van der Waals surface area contributed by atoms with Gasteiger partial charge in [-0.1, -0.05) is 29.8 Å². The fourth-order valence-electron chi connectivity index (χ4n) is 1.79. The van der Waals surface area contributed by atoms with Crippen molar-refractivity contribution in [2.24, 2.45) is 0 Å². The highest BCUT2D eigenvalue weighted by molar-refractivity contribution is 5.93. The largest absolute Gasteiger partial charge is 0.384 e. The predicted octanol–water partition coefficient (Wildman–Crippen LogP) is 2.24. The summed E-state index contributed by atoms with van der Waals surface area (Å²) >= 11 is 0. The zero-order valence-electron chi connectivity index (χ0n) is 11.1. The molecule has 19 heavy (non-hydrogen) atoms. The van der Waals surface area contributed by atoms with Gasteiger partial charge >= 0.3 is 0 Å². The number of pyridine rings is 1. The molecule has 0 aliphatic heterocycles. The maximum absolute atomic E-state index is 12.2. The highest BCUT2D eigenvalue weighted by Gasteiger charge is 2.12. The predicted molar refractivity (Wildman–Crippen MR) is 75.6 cm³/mol. The normalized spacial score (nSPS) is 10.2. The lowest BCUT2D eigenvalue weighted by atomic mass is 10.1. The monoisotopic (exact) mass is 255 g/mol. The molecule has 0 spiro atoms. The Kier molecular flexibility index (Phi) is 3.80. The van der Waals surface area contributed by atoms with Crippen molar-refractivity contribution >= 4 is 11.7 Å². The second-order valence-corrected chi connectivity index (χ2v) is 4.62. The molecule has 98 valence electrons. The molecule has 0 aliphatic rings. The third kappa shape index (κ3) is 3.31. The summed E-state index contributed by atoms with van der Waals surface area (Å²) in [4.78, 5) is 17.8. The highest BCUT2D eigenvalue weighted by Crippen LogP contribution is 2.09.